The first-order chi connectivity index (χ1) is 13.8. The standard InChI is InChI=1S/C24H50NO3P/c1-6-8-9-10-11-12-13-14-15-16-17-18-19-20-21-22-23-28-29(26,27)24(7-2)25(3,4)5/h22-24H,6-21H2,1-5H3/p+1. The Hall–Kier alpha value is -0.310. The van der Waals surface area contributed by atoms with Gasteiger partial charge in [-0.3, -0.25) is 0 Å². The van der Waals surface area contributed by atoms with Crippen LogP contribution in [0.25, 0.3) is 0 Å². The summed E-state index contributed by atoms with van der Waals surface area (Å²) in [5.41, 5.74) is 0. The Morgan fingerprint density at radius 1 is 0.793 bits per heavy atom. The lowest BCUT2D eigenvalue weighted by molar-refractivity contribution is -0.883. The van der Waals surface area contributed by atoms with Crippen LogP contribution in [0.3, 0.4) is 0 Å². The molecular weight excluding hydrogens is 381 g/mol. The molecule has 1 N–H and O–H groups in total. The van der Waals surface area contributed by atoms with E-state index in [-0.39, 0.29) is 0 Å². The first-order valence-corrected chi connectivity index (χ1v) is 13.9. The van der Waals surface area contributed by atoms with E-state index in [0.29, 0.717) is 10.9 Å². The summed E-state index contributed by atoms with van der Waals surface area (Å²) in [6, 6.07) is 0. The van der Waals surface area contributed by atoms with E-state index in [9.17, 15) is 9.46 Å². The van der Waals surface area contributed by atoms with Crippen LogP contribution in [-0.4, -0.2) is 36.3 Å². The molecule has 2 unspecified atom stereocenters. The lowest BCUT2D eigenvalue weighted by Gasteiger charge is -2.34. The van der Waals surface area contributed by atoms with Crippen molar-refractivity contribution in [1.82, 2.24) is 0 Å². The highest BCUT2D eigenvalue weighted by Crippen LogP contribution is 2.51. The van der Waals surface area contributed by atoms with Gasteiger partial charge in [-0.2, -0.15) is 0 Å². The van der Waals surface area contributed by atoms with Gasteiger partial charge < -0.3 is 13.9 Å². The molecule has 4 nitrogen and oxygen atoms in total. The maximum Gasteiger partial charge on any atom is 0.433 e. The van der Waals surface area contributed by atoms with E-state index in [1.54, 1.807) is 0 Å². The van der Waals surface area contributed by atoms with Gasteiger partial charge in [0.15, 0.2) is 0 Å². The molecule has 0 aliphatic carbocycles. The van der Waals surface area contributed by atoms with Crippen molar-refractivity contribution < 1.29 is 18.5 Å². The molecule has 5 heteroatoms. The third-order valence-electron chi connectivity index (χ3n) is 5.67. The maximum absolute atomic E-state index is 12.4. The number of unbranched alkanes of at least 4 members (excludes halogenated alkanes) is 14. The minimum atomic E-state index is -3.63. The predicted octanol–water partition coefficient (Wildman–Crippen LogP) is 8.02. The van der Waals surface area contributed by atoms with E-state index in [4.69, 9.17) is 4.52 Å². The average molecular weight is 433 g/mol. The molecule has 0 fully saturated rings. The molecule has 0 rings (SSSR count). The second-order valence-electron chi connectivity index (χ2n) is 9.43. The quantitative estimate of drug-likeness (QED) is 0.0917. The first-order valence-electron chi connectivity index (χ1n) is 12.2. The van der Waals surface area contributed by atoms with Crippen LogP contribution < -0.4 is 0 Å². The second kappa shape index (κ2) is 17.4. The molecule has 0 aromatic rings. The zero-order valence-corrected chi connectivity index (χ0v) is 21.1. The Bertz CT molecular complexity index is 446. The molecule has 0 radical (unpaired) electrons. The third-order valence-corrected chi connectivity index (χ3v) is 7.90. The Morgan fingerprint density at radius 2 is 1.21 bits per heavy atom. The normalized spacial score (nSPS) is 15.5. The summed E-state index contributed by atoms with van der Waals surface area (Å²) in [6.07, 6.45) is 23.9. The molecule has 0 saturated heterocycles. The van der Waals surface area contributed by atoms with Crippen molar-refractivity contribution in [2.75, 3.05) is 21.1 Å². The van der Waals surface area contributed by atoms with E-state index in [0.717, 1.165) is 12.8 Å². The molecule has 0 saturated carbocycles. The lowest BCUT2D eigenvalue weighted by atomic mass is 10.0. The maximum atomic E-state index is 12.4. The van der Waals surface area contributed by atoms with Gasteiger partial charge in [0.05, 0.1) is 27.4 Å². The zero-order valence-electron chi connectivity index (χ0n) is 20.2. The molecule has 0 heterocycles. The molecule has 0 aliphatic heterocycles. The molecular formula is C24H51NO3P+. The van der Waals surface area contributed by atoms with Crippen LogP contribution >= 0.6 is 7.60 Å². The number of hydrogen-bond donors (Lipinski definition) is 1. The van der Waals surface area contributed by atoms with Gasteiger partial charge in [-0.15, -0.1) is 0 Å². The highest BCUT2D eigenvalue weighted by Gasteiger charge is 2.41. The van der Waals surface area contributed by atoms with E-state index < -0.39 is 13.4 Å². The number of allylic oxidation sites excluding steroid dienone is 1. The minimum absolute atomic E-state index is 0.395. The molecule has 29 heavy (non-hydrogen) atoms. The van der Waals surface area contributed by atoms with Crippen molar-refractivity contribution in [3.8, 4) is 0 Å². The molecule has 0 amide bonds. The van der Waals surface area contributed by atoms with Crippen molar-refractivity contribution >= 4 is 7.60 Å². The van der Waals surface area contributed by atoms with E-state index >= 15 is 0 Å². The topological polar surface area (TPSA) is 46.5 Å². The van der Waals surface area contributed by atoms with Gasteiger partial charge >= 0.3 is 7.60 Å². The van der Waals surface area contributed by atoms with Crippen LogP contribution in [0.4, 0.5) is 0 Å². The highest BCUT2D eigenvalue weighted by atomic mass is 31.2. The van der Waals surface area contributed by atoms with E-state index in [1.807, 2.05) is 34.1 Å². The van der Waals surface area contributed by atoms with Crippen molar-refractivity contribution in [3.05, 3.63) is 12.3 Å². The second-order valence-corrected chi connectivity index (χ2v) is 11.4. The van der Waals surface area contributed by atoms with Gasteiger partial charge in [-0.05, 0) is 18.9 Å². The smallest absolute Gasteiger partial charge is 0.429 e. The Balaban J connectivity index is 3.56. The van der Waals surface area contributed by atoms with Gasteiger partial charge in [-0.25, -0.2) is 4.57 Å². The van der Waals surface area contributed by atoms with Gasteiger partial charge in [0, 0.05) is 6.42 Å². The highest BCUT2D eigenvalue weighted by molar-refractivity contribution is 7.53. The fourth-order valence-corrected chi connectivity index (χ4v) is 5.68. The monoisotopic (exact) mass is 432 g/mol. The SMILES string of the molecule is CCCCCCCCCCCCCCCCC=COP(=O)(O)C(CC)[N+](C)(C)C. The molecule has 0 spiro atoms. The summed E-state index contributed by atoms with van der Waals surface area (Å²) in [5.74, 6) is -0.395. The van der Waals surface area contributed by atoms with Gasteiger partial charge in [0.1, 0.15) is 0 Å². The molecule has 0 bridgehead atoms. The number of quaternary nitrogens is 1. The third kappa shape index (κ3) is 16.1. The number of hydrogen-bond acceptors (Lipinski definition) is 2. The Kier molecular flexibility index (Phi) is 17.2. The number of nitrogens with zero attached hydrogens (tertiary/aromatic N) is 1. The summed E-state index contributed by atoms with van der Waals surface area (Å²) in [4.78, 5) is 10.2. The fourth-order valence-electron chi connectivity index (χ4n) is 3.94. The van der Waals surface area contributed by atoms with Gasteiger partial charge in [0.25, 0.3) is 0 Å². The zero-order chi connectivity index (χ0) is 22.0. The predicted molar refractivity (Wildman–Crippen MR) is 127 cm³/mol. The van der Waals surface area contributed by atoms with Crippen LogP contribution in [0, 0.1) is 0 Å². The van der Waals surface area contributed by atoms with Crippen molar-refractivity contribution in [2.45, 2.75) is 122 Å². The first kappa shape index (κ1) is 28.7. The van der Waals surface area contributed by atoms with Crippen LogP contribution in [0.5, 0.6) is 0 Å². The average Bonchev–Trinajstić information content (AvgIpc) is 2.63. The van der Waals surface area contributed by atoms with Crippen LogP contribution in [-0.2, 0) is 9.09 Å². The van der Waals surface area contributed by atoms with Crippen molar-refractivity contribution in [3.63, 3.8) is 0 Å². The number of rotatable bonds is 20. The van der Waals surface area contributed by atoms with E-state index in [2.05, 4.69) is 6.92 Å². The summed E-state index contributed by atoms with van der Waals surface area (Å²) in [6.45, 7) is 4.20. The summed E-state index contributed by atoms with van der Waals surface area (Å²) in [5, 5.41) is 0. The fraction of sp³-hybridized carbons (Fsp3) is 0.917. The summed E-state index contributed by atoms with van der Waals surface area (Å²) in [7, 11) is 2.16. The molecule has 174 valence electrons. The van der Waals surface area contributed by atoms with Crippen LogP contribution in [0.2, 0.25) is 0 Å². The van der Waals surface area contributed by atoms with Crippen molar-refractivity contribution in [2.24, 2.45) is 0 Å². The Morgan fingerprint density at radius 3 is 1.59 bits per heavy atom. The van der Waals surface area contributed by atoms with Crippen molar-refractivity contribution in [1.29, 1.82) is 0 Å². The van der Waals surface area contributed by atoms with Gasteiger partial charge in [-0.1, -0.05) is 97.3 Å². The summed E-state index contributed by atoms with van der Waals surface area (Å²) >= 11 is 0. The summed E-state index contributed by atoms with van der Waals surface area (Å²) < 4.78 is 18.1. The largest absolute Gasteiger partial charge is 0.433 e. The molecule has 0 aromatic carbocycles. The van der Waals surface area contributed by atoms with Crippen LogP contribution in [0.15, 0.2) is 12.3 Å². The molecule has 0 aromatic heterocycles. The Labute approximate surface area is 182 Å². The molecule has 0 aliphatic rings. The van der Waals surface area contributed by atoms with E-state index in [1.165, 1.54) is 89.7 Å². The van der Waals surface area contributed by atoms with Crippen LogP contribution in [0.1, 0.15) is 117 Å². The van der Waals surface area contributed by atoms with Gasteiger partial charge in [0.2, 0.25) is 5.78 Å². The lowest BCUT2D eigenvalue weighted by Crippen LogP contribution is -2.44. The minimum Gasteiger partial charge on any atom is -0.429 e. The molecule has 2 atom stereocenters.